The van der Waals surface area contributed by atoms with Gasteiger partial charge in [-0.3, -0.25) is 4.79 Å². The van der Waals surface area contributed by atoms with Crippen molar-refractivity contribution in [1.82, 2.24) is 10.2 Å². The van der Waals surface area contributed by atoms with Crippen molar-refractivity contribution < 1.29 is 4.79 Å². The van der Waals surface area contributed by atoms with Crippen LogP contribution >= 0.6 is 15.9 Å². The first kappa shape index (κ1) is 10.6. The highest BCUT2D eigenvalue weighted by Gasteiger charge is 2.26. The van der Waals surface area contributed by atoms with E-state index in [1.807, 2.05) is 31.3 Å². The summed E-state index contributed by atoms with van der Waals surface area (Å²) in [5.74, 6) is 0.142. The second-order valence-electron chi connectivity index (χ2n) is 3.70. The Hall–Kier alpha value is -0.870. The van der Waals surface area contributed by atoms with Gasteiger partial charge in [0.05, 0.1) is 0 Å². The van der Waals surface area contributed by atoms with E-state index in [2.05, 4.69) is 21.2 Å². The summed E-state index contributed by atoms with van der Waals surface area (Å²) < 4.78 is 1.03. The van der Waals surface area contributed by atoms with Gasteiger partial charge in [0, 0.05) is 24.6 Å². The number of halogens is 1. The molecule has 1 fully saturated rings. The number of likely N-dealkylation sites (N-methyl/N-ethyl adjacent to an activating group) is 1. The lowest BCUT2D eigenvalue weighted by Gasteiger charge is -2.30. The molecule has 1 aromatic rings. The van der Waals surface area contributed by atoms with Gasteiger partial charge in [-0.15, -0.1) is 0 Å². The predicted octanol–water partition coefficient (Wildman–Crippen LogP) is 1.55. The molecule has 0 bridgehead atoms. The third-order valence-electron chi connectivity index (χ3n) is 2.62. The molecule has 0 spiro atoms. The van der Waals surface area contributed by atoms with E-state index in [0.29, 0.717) is 0 Å². The summed E-state index contributed by atoms with van der Waals surface area (Å²) in [7, 11) is 1.84. The van der Waals surface area contributed by atoms with Gasteiger partial charge in [0.2, 0.25) is 5.91 Å². The molecule has 1 amide bonds. The first-order valence-corrected chi connectivity index (χ1v) is 5.71. The summed E-state index contributed by atoms with van der Waals surface area (Å²) in [6, 6.07) is 7.67. The van der Waals surface area contributed by atoms with E-state index in [1.165, 1.54) is 0 Å². The molecular formula is C11H13BrN2O. The molecule has 1 atom stereocenters. The first-order chi connectivity index (χ1) is 7.18. The molecule has 1 saturated heterocycles. The lowest BCUT2D eigenvalue weighted by atomic mass is 10.0. The van der Waals surface area contributed by atoms with E-state index in [0.717, 1.165) is 23.1 Å². The van der Waals surface area contributed by atoms with Crippen LogP contribution in [0.1, 0.15) is 11.6 Å². The smallest absolute Gasteiger partial charge is 0.244 e. The van der Waals surface area contributed by atoms with Gasteiger partial charge in [0.15, 0.2) is 0 Å². The van der Waals surface area contributed by atoms with Crippen molar-refractivity contribution >= 4 is 21.8 Å². The summed E-state index contributed by atoms with van der Waals surface area (Å²) in [5, 5.41) is 3.23. The van der Waals surface area contributed by atoms with Crippen molar-refractivity contribution in [3.05, 3.63) is 34.3 Å². The molecule has 1 aliphatic heterocycles. The maximum atomic E-state index is 11.9. The summed E-state index contributed by atoms with van der Waals surface area (Å²) in [6.45, 7) is 1.63. The molecule has 0 radical (unpaired) electrons. The van der Waals surface area contributed by atoms with Gasteiger partial charge < -0.3 is 10.2 Å². The van der Waals surface area contributed by atoms with Crippen molar-refractivity contribution in [1.29, 1.82) is 0 Å². The van der Waals surface area contributed by atoms with Crippen molar-refractivity contribution in [3.8, 4) is 0 Å². The Bertz CT molecular complexity index is 363. The highest BCUT2D eigenvalue weighted by atomic mass is 79.9. The van der Waals surface area contributed by atoms with Crippen molar-refractivity contribution in [3.63, 3.8) is 0 Å². The molecule has 1 heterocycles. The van der Waals surface area contributed by atoms with Crippen molar-refractivity contribution in [2.24, 2.45) is 0 Å². The normalized spacial score (nSPS) is 21.9. The fraction of sp³-hybridized carbons (Fsp3) is 0.364. The second-order valence-corrected chi connectivity index (χ2v) is 4.61. The van der Waals surface area contributed by atoms with Crippen LogP contribution in [0.3, 0.4) is 0 Å². The molecule has 1 unspecified atom stereocenters. The minimum atomic E-state index is -0.183. The van der Waals surface area contributed by atoms with Crippen LogP contribution in [0, 0.1) is 0 Å². The molecule has 1 N–H and O–H groups in total. The standard InChI is InChI=1S/C11H13BrN2O/c1-14-7-6-13-10(11(14)15)8-2-4-9(12)5-3-8/h2-5,10,13H,6-7H2,1H3. The Morgan fingerprint density at radius 2 is 2.07 bits per heavy atom. The average Bonchev–Trinajstić information content (AvgIpc) is 2.24. The molecule has 0 saturated carbocycles. The van der Waals surface area contributed by atoms with Crippen molar-refractivity contribution in [2.75, 3.05) is 20.1 Å². The zero-order valence-electron chi connectivity index (χ0n) is 8.53. The largest absolute Gasteiger partial charge is 0.343 e. The fourth-order valence-electron chi connectivity index (χ4n) is 1.71. The zero-order valence-corrected chi connectivity index (χ0v) is 10.1. The van der Waals surface area contributed by atoms with Gasteiger partial charge in [-0.05, 0) is 17.7 Å². The number of nitrogens with one attached hydrogen (secondary N) is 1. The van der Waals surface area contributed by atoms with Crippen LogP contribution in [-0.2, 0) is 4.79 Å². The Labute approximate surface area is 97.6 Å². The monoisotopic (exact) mass is 268 g/mol. The van der Waals surface area contributed by atoms with Crippen LogP contribution in [0.4, 0.5) is 0 Å². The molecule has 2 rings (SSSR count). The number of benzene rings is 1. The van der Waals surface area contributed by atoms with Crippen LogP contribution in [0.15, 0.2) is 28.7 Å². The van der Waals surface area contributed by atoms with Gasteiger partial charge in [0.25, 0.3) is 0 Å². The summed E-state index contributed by atoms with van der Waals surface area (Å²) in [6.07, 6.45) is 0. The minimum absolute atomic E-state index is 0.142. The van der Waals surface area contributed by atoms with Crippen molar-refractivity contribution in [2.45, 2.75) is 6.04 Å². The van der Waals surface area contributed by atoms with E-state index in [4.69, 9.17) is 0 Å². The fourth-order valence-corrected chi connectivity index (χ4v) is 1.97. The maximum Gasteiger partial charge on any atom is 0.244 e. The first-order valence-electron chi connectivity index (χ1n) is 4.92. The van der Waals surface area contributed by atoms with E-state index in [9.17, 15) is 4.79 Å². The number of amides is 1. The molecule has 80 valence electrons. The molecule has 1 aliphatic rings. The molecule has 1 aromatic carbocycles. The SMILES string of the molecule is CN1CCNC(c2ccc(Br)cc2)C1=O. The molecule has 15 heavy (non-hydrogen) atoms. The van der Waals surface area contributed by atoms with E-state index < -0.39 is 0 Å². The topological polar surface area (TPSA) is 32.3 Å². The number of hydrogen-bond acceptors (Lipinski definition) is 2. The Kier molecular flexibility index (Phi) is 3.07. The Morgan fingerprint density at radius 3 is 2.73 bits per heavy atom. The highest BCUT2D eigenvalue weighted by Crippen LogP contribution is 2.20. The van der Waals surface area contributed by atoms with Crippen LogP contribution in [0.5, 0.6) is 0 Å². The van der Waals surface area contributed by atoms with Gasteiger partial charge in [0.1, 0.15) is 6.04 Å². The van der Waals surface area contributed by atoms with E-state index in [1.54, 1.807) is 4.90 Å². The third-order valence-corrected chi connectivity index (χ3v) is 3.15. The Morgan fingerprint density at radius 1 is 1.40 bits per heavy atom. The highest BCUT2D eigenvalue weighted by molar-refractivity contribution is 9.10. The lowest BCUT2D eigenvalue weighted by Crippen LogP contribution is -2.48. The predicted molar refractivity (Wildman–Crippen MR) is 62.5 cm³/mol. The van der Waals surface area contributed by atoms with Crippen LogP contribution < -0.4 is 5.32 Å². The third kappa shape index (κ3) is 2.21. The summed E-state index contributed by atoms with van der Waals surface area (Å²) in [4.78, 5) is 13.6. The van der Waals surface area contributed by atoms with Gasteiger partial charge in [-0.1, -0.05) is 28.1 Å². The van der Waals surface area contributed by atoms with Gasteiger partial charge >= 0.3 is 0 Å². The number of rotatable bonds is 1. The molecule has 0 aromatic heterocycles. The maximum absolute atomic E-state index is 11.9. The average molecular weight is 269 g/mol. The molecule has 3 nitrogen and oxygen atoms in total. The second kappa shape index (κ2) is 4.33. The summed E-state index contributed by atoms with van der Waals surface area (Å²) in [5.41, 5.74) is 1.02. The molecule has 4 heteroatoms. The molecule has 0 aliphatic carbocycles. The van der Waals surface area contributed by atoms with E-state index >= 15 is 0 Å². The van der Waals surface area contributed by atoms with Gasteiger partial charge in [-0.25, -0.2) is 0 Å². The number of hydrogen-bond donors (Lipinski definition) is 1. The number of nitrogens with zero attached hydrogens (tertiary/aromatic N) is 1. The summed E-state index contributed by atoms with van der Waals surface area (Å²) >= 11 is 3.38. The Balaban J connectivity index is 2.22. The number of piperazine rings is 1. The number of carbonyl (C=O) groups is 1. The van der Waals surface area contributed by atoms with Crippen LogP contribution in [-0.4, -0.2) is 30.9 Å². The van der Waals surface area contributed by atoms with Gasteiger partial charge in [-0.2, -0.15) is 0 Å². The van der Waals surface area contributed by atoms with E-state index in [-0.39, 0.29) is 11.9 Å². The number of carbonyl (C=O) groups excluding carboxylic acids is 1. The lowest BCUT2D eigenvalue weighted by molar-refractivity contribution is -0.134. The van der Waals surface area contributed by atoms with Crippen LogP contribution in [0.25, 0.3) is 0 Å². The zero-order chi connectivity index (χ0) is 10.8. The quantitative estimate of drug-likeness (QED) is 0.839. The van der Waals surface area contributed by atoms with Crippen LogP contribution in [0.2, 0.25) is 0 Å². The molecular weight excluding hydrogens is 256 g/mol. The minimum Gasteiger partial charge on any atom is -0.343 e.